The van der Waals surface area contributed by atoms with Crippen LogP contribution in [-0.4, -0.2) is 49.8 Å². The minimum Gasteiger partial charge on any atom is -0.491 e. The predicted octanol–water partition coefficient (Wildman–Crippen LogP) is 2.20. The lowest BCUT2D eigenvalue weighted by Crippen LogP contribution is -2.38. The summed E-state index contributed by atoms with van der Waals surface area (Å²) in [6, 6.07) is 8.21. The fourth-order valence-corrected chi connectivity index (χ4v) is 2.33. The molecule has 2 rings (SSSR count). The Hall–Kier alpha value is -1.59. The van der Waals surface area contributed by atoms with Gasteiger partial charge in [0.05, 0.1) is 12.6 Å². The van der Waals surface area contributed by atoms with Gasteiger partial charge in [-0.05, 0) is 51.4 Å². The molecule has 1 aliphatic rings. The lowest BCUT2D eigenvalue weighted by molar-refractivity contribution is -0.122. The Balaban J connectivity index is 1.70. The third-order valence-electron chi connectivity index (χ3n) is 4.15. The van der Waals surface area contributed by atoms with E-state index in [4.69, 9.17) is 9.47 Å². The Morgan fingerprint density at radius 2 is 2.13 bits per heavy atom. The zero-order chi connectivity index (χ0) is 16.7. The highest BCUT2D eigenvalue weighted by Gasteiger charge is 2.15. The van der Waals surface area contributed by atoms with Gasteiger partial charge in [0.1, 0.15) is 12.4 Å². The van der Waals surface area contributed by atoms with Crippen LogP contribution in [-0.2, 0) is 16.1 Å². The van der Waals surface area contributed by atoms with Crippen LogP contribution < -0.4 is 10.1 Å². The van der Waals surface area contributed by atoms with Gasteiger partial charge in [0.2, 0.25) is 5.91 Å². The van der Waals surface area contributed by atoms with E-state index in [9.17, 15) is 4.79 Å². The summed E-state index contributed by atoms with van der Waals surface area (Å²) in [5, 5.41) is 2.94. The van der Waals surface area contributed by atoms with Gasteiger partial charge >= 0.3 is 0 Å². The van der Waals surface area contributed by atoms with Crippen LogP contribution in [0.4, 0.5) is 0 Å². The monoisotopic (exact) mass is 320 g/mol. The third-order valence-corrected chi connectivity index (χ3v) is 4.15. The molecule has 0 unspecified atom stereocenters. The van der Waals surface area contributed by atoms with Gasteiger partial charge in [0.15, 0.2) is 0 Å². The van der Waals surface area contributed by atoms with E-state index in [1.807, 2.05) is 36.2 Å². The minimum absolute atomic E-state index is 0.0416. The maximum Gasteiger partial charge on any atom is 0.234 e. The minimum atomic E-state index is 0.0416. The van der Waals surface area contributed by atoms with Crippen molar-refractivity contribution in [2.75, 3.05) is 26.8 Å². The molecule has 0 bridgehead atoms. The summed E-state index contributed by atoms with van der Waals surface area (Å²) in [5.41, 5.74) is 1.06. The normalized spacial score (nSPS) is 17.7. The first-order chi connectivity index (χ1) is 11.0. The number of carbonyl (C=O) groups excluding carboxylic acids is 1. The predicted molar refractivity (Wildman–Crippen MR) is 90.5 cm³/mol. The van der Waals surface area contributed by atoms with Crippen LogP contribution in [0.25, 0.3) is 0 Å². The molecule has 1 aliphatic heterocycles. The Morgan fingerprint density at radius 3 is 2.74 bits per heavy atom. The molecule has 0 aliphatic carbocycles. The van der Waals surface area contributed by atoms with Gasteiger partial charge in [-0.2, -0.15) is 0 Å². The molecule has 23 heavy (non-hydrogen) atoms. The zero-order valence-corrected chi connectivity index (χ0v) is 14.4. The number of amides is 1. The summed E-state index contributed by atoms with van der Waals surface area (Å²) in [6.45, 7) is 6.55. The second-order valence-electron chi connectivity index (χ2n) is 6.38. The van der Waals surface area contributed by atoms with Crippen molar-refractivity contribution in [3.63, 3.8) is 0 Å². The maximum absolute atomic E-state index is 11.9. The molecular weight excluding hydrogens is 292 g/mol. The SMILES string of the molecule is CC(C)N(C)CC(=O)NCc1ccc(OC[C@H]2CCCO2)cc1. The van der Waals surface area contributed by atoms with Crippen LogP contribution in [0.3, 0.4) is 0 Å². The lowest BCUT2D eigenvalue weighted by atomic mass is 10.2. The van der Waals surface area contributed by atoms with Gasteiger partial charge in [-0.25, -0.2) is 0 Å². The maximum atomic E-state index is 11.9. The summed E-state index contributed by atoms with van der Waals surface area (Å²) in [5.74, 6) is 0.884. The highest BCUT2D eigenvalue weighted by atomic mass is 16.5. The lowest BCUT2D eigenvalue weighted by Gasteiger charge is -2.20. The third kappa shape index (κ3) is 6.20. The molecule has 0 aromatic heterocycles. The number of ether oxygens (including phenoxy) is 2. The zero-order valence-electron chi connectivity index (χ0n) is 14.4. The summed E-state index contributed by atoms with van der Waals surface area (Å²) in [6.07, 6.45) is 2.43. The van der Waals surface area contributed by atoms with E-state index in [1.54, 1.807) is 0 Å². The molecule has 1 atom stereocenters. The van der Waals surface area contributed by atoms with Gasteiger partial charge in [0.25, 0.3) is 0 Å². The van der Waals surface area contributed by atoms with E-state index in [2.05, 4.69) is 19.2 Å². The number of carbonyl (C=O) groups is 1. The smallest absolute Gasteiger partial charge is 0.234 e. The number of nitrogens with zero attached hydrogens (tertiary/aromatic N) is 1. The first-order valence-corrected chi connectivity index (χ1v) is 8.35. The topological polar surface area (TPSA) is 50.8 Å². The van der Waals surface area contributed by atoms with Crippen molar-refractivity contribution in [2.24, 2.45) is 0 Å². The van der Waals surface area contributed by atoms with Gasteiger partial charge < -0.3 is 14.8 Å². The van der Waals surface area contributed by atoms with Gasteiger partial charge in [0, 0.05) is 19.2 Å². The molecule has 1 saturated heterocycles. The Labute approximate surface area is 139 Å². The molecule has 5 heteroatoms. The molecular formula is C18H28N2O3. The molecule has 1 amide bonds. The van der Waals surface area contributed by atoms with E-state index in [1.165, 1.54) is 0 Å². The first kappa shape index (κ1) is 17.8. The summed E-state index contributed by atoms with van der Waals surface area (Å²) >= 11 is 0. The van der Waals surface area contributed by atoms with Crippen molar-refractivity contribution in [3.8, 4) is 5.75 Å². The highest BCUT2D eigenvalue weighted by molar-refractivity contribution is 5.78. The van der Waals surface area contributed by atoms with E-state index in [0.29, 0.717) is 25.7 Å². The van der Waals surface area contributed by atoms with Crippen molar-refractivity contribution in [1.29, 1.82) is 0 Å². The molecule has 128 valence electrons. The van der Waals surface area contributed by atoms with Gasteiger partial charge in [-0.3, -0.25) is 9.69 Å². The number of hydrogen-bond donors (Lipinski definition) is 1. The summed E-state index contributed by atoms with van der Waals surface area (Å²) in [7, 11) is 1.95. The molecule has 1 aromatic rings. The van der Waals surface area contributed by atoms with Crippen molar-refractivity contribution in [1.82, 2.24) is 10.2 Å². The second kappa shape index (κ2) is 8.89. The van der Waals surface area contributed by atoms with E-state index >= 15 is 0 Å². The van der Waals surface area contributed by atoms with Crippen molar-refractivity contribution >= 4 is 5.91 Å². The van der Waals surface area contributed by atoms with Crippen LogP contribution in [0.5, 0.6) is 5.75 Å². The number of likely N-dealkylation sites (N-methyl/N-ethyl adjacent to an activating group) is 1. The summed E-state index contributed by atoms with van der Waals surface area (Å²) in [4.78, 5) is 13.9. The van der Waals surface area contributed by atoms with Crippen molar-refractivity contribution in [2.45, 2.75) is 45.4 Å². The standard InChI is InChI=1S/C18H28N2O3/c1-14(2)20(3)12-18(21)19-11-15-6-8-16(9-7-15)23-13-17-5-4-10-22-17/h6-9,14,17H,4-5,10-13H2,1-3H3,(H,19,21)/t17-/m1/s1. The van der Waals surface area contributed by atoms with Crippen LogP contribution in [0.15, 0.2) is 24.3 Å². The quantitative estimate of drug-likeness (QED) is 0.798. The number of hydrogen-bond acceptors (Lipinski definition) is 4. The van der Waals surface area contributed by atoms with Gasteiger partial charge in [-0.1, -0.05) is 12.1 Å². The van der Waals surface area contributed by atoms with Crippen molar-refractivity contribution < 1.29 is 14.3 Å². The largest absolute Gasteiger partial charge is 0.491 e. The molecule has 1 fully saturated rings. The number of rotatable bonds is 8. The summed E-state index contributed by atoms with van der Waals surface area (Å²) < 4.78 is 11.3. The van der Waals surface area contributed by atoms with E-state index in [0.717, 1.165) is 30.8 Å². The van der Waals surface area contributed by atoms with Crippen LogP contribution in [0, 0.1) is 0 Å². The van der Waals surface area contributed by atoms with Gasteiger partial charge in [-0.15, -0.1) is 0 Å². The fraction of sp³-hybridized carbons (Fsp3) is 0.611. The molecule has 5 nitrogen and oxygen atoms in total. The fourth-order valence-electron chi connectivity index (χ4n) is 2.33. The molecule has 1 N–H and O–H groups in total. The number of nitrogens with one attached hydrogen (secondary N) is 1. The molecule has 0 radical (unpaired) electrons. The number of benzene rings is 1. The van der Waals surface area contributed by atoms with E-state index < -0.39 is 0 Å². The highest BCUT2D eigenvalue weighted by Crippen LogP contribution is 2.16. The molecule has 0 spiro atoms. The van der Waals surface area contributed by atoms with Crippen LogP contribution in [0.2, 0.25) is 0 Å². The van der Waals surface area contributed by atoms with E-state index in [-0.39, 0.29) is 12.0 Å². The Bertz CT molecular complexity index is 482. The second-order valence-corrected chi connectivity index (χ2v) is 6.38. The van der Waals surface area contributed by atoms with Crippen LogP contribution >= 0.6 is 0 Å². The Kier molecular flexibility index (Phi) is 6.86. The Morgan fingerprint density at radius 1 is 1.39 bits per heavy atom. The average molecular weight is 320 g/mol. The van der Waals surface area contributed by atoms with Crippen molar-refractivity contribution in [3.05, 3.63) is 29.8 Å². The molecule has 0 saturated carbocycles. The first-order valence-electron chi connectivity index (χ1n) is 8.35. The molecule has 1 aromatic carbocycles. The van der Waals surface area contributed by atoms with Crippen LogP contribution in [0.1, 0.15) is 32.3 Å². The average Bonchev–Trinajstić information content (AvgIpc) is 3.05. The molecule has 1 heterocycles.